The van der Waals surface area contributed by atoms with Crippen LogP contribution in [0.25, 0.3) is 0 Å². The van der Waals surface area contributed by atoms with Gasteiger partial charge in [0, 0.05) is 7.05 Å². The Kier molecular flexibility index (Phi) is 4.60. The molecule has 0 saturated carbocycles. The molecule has 0 saturated heterocycles. The number of hydrogen-bond acceptors (Lipinski definition) is 1. The van der Waals surface area contributed by atoms with Gasteiger partial charge in [-0.15, -0.1) is 0 Å². The van der Waals surface area contributed by atoms with Crippen LogP contribution < -0.4 is 5.32 Å². The van der Waals surface area contributed by atoms with Crippen LogP contribution in [0, 0.1) is 0 Å². The van der Waals surface area contributed by atoms with Gasteiger partial charge >= 0.3 is 0 Å². The molecule has 1 N–H and O–H groups in total. The molecule has 0 aromatic rings. The van der Waals surface area contributed by atoms with Gasteiger partial charge in [-0.25, -0.2) is 0 Å². The Morgan fingerprint density at radius 2 is 2.22 bits per heavy atom. The van der Waals surface area contributed by atoms with E-state index in [0.717, 1.165) is 0 Å². The van der Waals surface area contributed by atoms with Crippen molar-refractivity contribution in [1.29, 1.82) is 0 Å². The molecule has 0 rings (SSSR count). The Morgan fingerprint density at radius 3 is 2.67 bits per heavy atom. The van der Waals surface area contributed by atoms with Gasteiger partial charge in [0.05, 0.1) is 0 Å². The molecule has 0 amide bonds. The second-order valence-electron chi connectivity index (χ2n) is 1.76. The highest BCUT2D eigenvalue weighted by Crippen LogP contribution is 1.91. The third-order valence-corrected chi connectivity index (χ3v) is 0.944. The van der Waals surface area contributed by atoms with Crippen molar-refractivity contribution in [3.8, 4) is 0 Å². The normalized spacial score (nSPS) is 12.0. The van der Waals surface area contributed by atoms with Crippen LogP contribution in [0.3, 0.4) is 0 Å². The number of allylic oxidation sites excluding steroid dienone is 4. The van der Waals surface area contributed by atoms with Crippen LogP contribution in [-0.2, 0) is 0 Å². The van der Waals surface area contributed by atoms with E-state index in [0.29, 0.717) is 0 Å². The van der Waals surface area contributed by atoms with Gasteiger partial charge in [-0.05, 0) is 19.2 Å². The largest absolute Gasteiger partial charge is 0.394 e. The van der Waals surface area contributed by atoms with Gasteiger partial charge < -0.3 is 5.32 Å². The van der Waals surface area contributed by atoms with E-state index in [-0.39, 0.29) is 0 Å². The number of nitrogens with one attached hydrogen (secondary N) is 1. The summed E-state index contributed by atoms with van der Waals surface area (Å²) in [6, 6.07) is 0. The molecule has 9 heavy (non-hydrogen) atoms. The van der Waals surface area contributed by atoms with Gasteiger partial charge in [0.25, 0.3) is 0 Å². The summed E-state index contributed by atoms with van der Waals surface area (Å²) in [7, 11) is 1.87. The molecule has 0 atom stereocenters. The van der Waals surface area contributed by atoms with Crippen molar-refractivity contribution < 1.29 is 0 Å². The average Bonchev–Trinajstić information content (AvgIpc) is 1.89. The highest BCUT2D eigenvalue weighted by Gasteiger charge is 1.71. The van der Waals surface area contributed by atoms with Crippen LogP contribution in [-0.4, -0.2) is 7.05 Å². The molecule has 0 heterocycles. The Bertz CT molecular complexity index is 132. The third kappa shape index (κ3) is 4.88. The molecule has 0 aliphatic carbocycles. The summed E-state index contributed by atoms with van der Waals surface area (Å²) >= 11 is 0. The first-order valence-electron chi connectivity index (χ1n) is 2.94. The Labute approximate surface area is 56.8 Å². The van der Waals surface area contributed by atoms with Gasteiger partial charge in [0.2, 0.25) is 0 Å². The predicted molar refractivity (Wildman–Crippen MR) is 42.2 cm³/mol. The molecule has 50 valence electrons. The summed E-state index contributed by atoms with van der Waals surface area (Å²) in [6.07, 6.45) is 7.62. The Morgan fingerprint density at radius 1 is 1.56 bits per heavy atom. The maximum absolute atomic E-state index is 3.62. The molecule has 1 nitrogen and oxygen atoms in total. The van der Waals surface area contributed by atoms with E-state index >= 15 is 0 Å². The summed E-state index contributed by atoms with van der Waals surface area (Å²) in [4.78, 5) is 0. The first-order valence-corrected chi connectivity index (χ1v) is 2.94. The van der Waals surface area contributed by atoms with Crippen molar-refractivity contribution in [2.75, 3.05) is 7.05 Å². The number of hydrogen-bond donors (Lipinski definition) is 1. The first kappa shape index (κ1) is 8.02. The van der Waals surface area contributed by atoms with Crippen molar-refractivity contribution in [1.82, 2.24) is 5.32 Å². The molecule has 0 unspecified atom stereocenters. The van der Waals surface area contributed by atoms with E-state index in [2.05, 4.69) is 11.9 Å². The second-order valence-corrected chi connectivity index (χ2v) is 1.76. The van der Waals surface area contributed by atoms with Crippen molar-refractivity contribution >= 4 is 0 Å². The minimum Gasteiger partial charge on any atom is -0.394 e. The molecule has 0 bridgehead atoms. The first-order chi connectivity index (χ1) is 4.31. The summed E-state index contributed by atoms with van der Waals surface area (Å²) < 4.78 is 0. The van der Waals surface area contributed by atoms with Crippen LogP contribution in [0.2, 0.25) is 0 Å². The van der Waals surface area contributed by atoms with Gasteiger partial charge in [-0.3, -0.25) is 0 Å². The maximum Gasteiger partial charge on any atom is 0.00277 e. The summed E-state index contributed by atoms with van der Waals surface area (Å²) in [5.74, 6) is 0. The van der Waals surface area contributed by atoms with Gasteiger partial charge in [0.15, 0.2) is 0 Å². The zero-order valence-electron chi connectivity index (χ0n) is 6.02. The lowest BCUT2D eigenvalue weighted by atomic mass is 10.3. The van der Waals surface area contributed by atoms with E-state index in [9.17, 15) is 0 Å². The molecule has 1 heteroatoms. The van der Waals surface area contributed by atoms with Crippen LogP contribution in [0.4, 0.5) is 0 Å². The fraction of sp³-hybridized carbons (Fsp3) is 0.250. The standard InChI is InChI=1S/C8H13N/c1-4-8(2)6-5-7-9-3/h4-7,9H,1H2,2-3H3/b7-5-,8-6-. The molecular weight excluding hydrogens is 110 g/mol. The van der Waals surface area contributed by atoms with Gasteiger partial charge in [-0.2, -0.15) is 0 Å². The van der Waals surface area contributed by atoms with E-state index in [1.165, 1.54) is 5.57 Å². The van der Waals surface area contributed by atoms with Crippen LogP contribution >= 0.6 is 0 Å². The monoisotopic (exact) mass is 123 g/mol. The summed E-state index contributed by atoms with van der Waals surface area (Å²) in [5.41, 5.74) is 1.17. The topological polar surface area (TPSA) is 12.0 Å². The van der Waals surface area contributed by atoms with Crippen LogP contribution in [0.5, 0.6) is 0 Å². The highest BCUT2D eigenvalue weighted by atomic mass is 14.8. The molecule has 0 fully saturated rings. The summed E-state index contributed by atoms with van der Waals surface area (Å²) in [6.45, 7) is 5.62. The lowest BCUT2D eigenvalue weighted by Gasteiger charge is -1.84. The van der Waals surface area contributed by atoms with Crippen molar-refractivity contribution in [2.24, 2.45) is 0 Å². The molecule has 0 aliphatic heterocycles. The van der Waals surface area contributed by atoms with E-state index < -0.39 is 0 Å². The van der Waals surface area contributed by atoms with E-state index in [1.807, 2.05) is 38.4 Å². The average molecular weight is 123 g/mol. The zero-order chi connectivity index (χ0) is 7.11. The van der Waals surface area contributed by atoms with E-state index in [4.69, 9.17) is 0 Å². The lowest BCUT2D eigenvalue weighted by Crippen LogP contribution is -1.89. The highest BCUT2D eigenvalue weighted by molar-refractivity contribution is 5.18. The fourth-order valence-electron chi connectivity index (χ4n) is 0.364. The zero-order valence-corrected chi connectivity index (χ0v) is 6.02. The Hall–Kier alpha value is -0.980. The minimum atomic E-state index is 1.17. The number of rotatable bonds is 3. The molecular formula is C8H13N. The van der Waals surface area contributed by atoms with E-state index in [1.54, 1.807) is 0 Å². The molecule has 0 aromatic carbocycles. The molecule has 0 aromatic heterocycles. The second kappa shape index (κ2) is 5.16. The fourth-order valence-corrected chi connectivity index (χ4v) is 0.364. The van der Waals surface area contributed by atoms with Gasteiger partial charge in [-0.1, -0.05) is 24.3 Å². The van der Waals surface area contributed by atoms with Crippen LogP contribution in [0.1, 0.15) is 6.92 Å². The molecule has 0 radical (unpaired) electrons. The SMILES string of the molecule is C=C/C(C)=C\C=C/NC. The third-order valence-electron chi connectivity index (χ3n) is 0.944. The minimum absolute atomic E-state index is 1.17. The predicted octanol–water partition coefficient (Wildman–Crippen LogP) is 1.85. The van der Waals surface area contributed by atoms with Crippen molar-refractivity contribution in [3.63, 3.8) is 0 Å². The smallest absolute Gasteiger partial charge is 0.00277 e. The quantitative estimate of drug-likeness (QED) is 0.565. The van der Waals surface area contributed by atoms with Crippen molar-refractivity contribution in [3.05, 3.63) is 36.6 Å². The molecule has 0 spiro atoms. The van der Waals surface area contributed by atoms with Crippen molar-refractivity contribution in [2.45, 2.75) is 6.92 Å². The Balaban J connectivity index is 3.68. The molecule has 0 aliphatic rings. The summed E-state index contributed by atoms with van der Waals surface area (Å²) in [5, 5.41) is 2.89. The van der Waals surface area contributed by atoms with Gasteiger partial charge in [0.1, 0.15) is 0 Å². The van der Waals surface area contributed by atoms with Crippen LogP contribution in [0.15, 0.2) is 36.6 Å². The maximum atomic E-state index is 3.62. The lowest BCUT2D eigenvalue weighted by molar-refractivity contribution is 1.10.